The number of nitriles is 1. The van der Waals surface area contributed by atoms with E-state index in [0.29, 0.717) is 10.6 Å². The number of hydrogen-bond acceptors (Lipinski definition) is 4. The minimum Gasteiger partial charge on any atom is -0.481 e. The second-order valence-electron chi connectivity index (χ2n) is 7.43. The van der Waals surface area contributed by atoms with Crippen LogP contribution in [0.1, 0.15) is 29.7 Å². The van der Waals surface area contributed by atoms with Gasteiger partial charge < -0.3 is 10.4 Å². The lowest BCUT2D eigenvalue weighted by atomic mass is 9.79. The van der Waals surface area contributed by atoms with Gasteiger partial charge in [-0.25, -0.2) is 0 Å². The van der Waals surface area contributed by atoms with Crippen LogP contribution in [0.4, 0.5) is 5.00 Å². The van der Waals surface area contributed by atoms with Crippen molar-refractivity contribution in [2.24, 2.45) is 23.7 Å². The molecule has 2 aliphatic carbocycles. The third-order valence-electron chi connectivity index (χ3n) is 6.00. The van der Waals surface area contributed by atoms with Crippen LogP contribution in [0.2, 0.25) is 0 Å². The fourth-order valence-electron chi connectivity index (χ4n) is 4.91. The number of carbonyl (C=O) groups excluding carboxylic acids is 1. The zero-order valence-corrected chi connectivity index (χ0v) is 15.8. The molecule has 2 aliphatic rings. The maximum Gasteiger partial charge on any atom is 0.307 e. The Morgan fingerprint density at radius 3 is 2.48 bits per heavy atom. The molecule has 1 aromatic carbocycles. The zero-order chi connectivity index (χ0) is 19.1. The molecule has 0 aliphatic heterocycles. The summed E-state index contributed by atoms with van der Waals surface area (Å²) in [6.45, 7) is 1.93. The van der Waals surface area contributed by atoms with Gasteiger partial charge in [0, 0.05) is 10.4 Å². The molecular formula is C21H20N2O3S. The Kier molecular flexibility index (Phi) is 4.48. The number of carbonyl (C=O) groups is 2. The molecule has 27 heavy (non-hydrogen) atoms. The quantitative estimate of drug-likeness (QED) is 0.828. The van der Waals surface area contributed by atoms with E-state index < -0.39 is 17.8 Å². The van der Waals surface area contributed by atoms with Crippen molar-refractivity contribution in [3.63, 3.8) is 0 Å². The lowest BCUT2D eigenvalue weighted by molar-refractivity contribution is -0.148. The molecule has 4 rings (SSSR count). The Hall–Kier alpha value is -2.65. The number of carboxylic acids is 1. The maximum atomic E-state index is 13.0. The smallest absolute Gasteiger partial charge is 0.307 e. The van der Waals surface area contributed by atoms with Crippen molar-refractivity contribution in [3.8, 4) is 17.2 Å². The van der Waals surface area contributed by atoms with Gasteiger partial charge in [-0.2, -0.15) is 5.26 Å². The third kappa shape index (κ3) is 2.92. The van der Waals surface area contributed by atoms with Gasteiger partial charge in [0.15, 0.2) is 0 Å². The fourth-order valence-corrected chi connectivity index (χ4v) is 5.94. The van der Waals surface area contributed by atoms with E-state index in [4.69, 9.17) is 0 Å². The van der Waals surface area contributed by atoms with Crippen LogP contribution in [0.5, 0.6) is 0 Å². The highest BCUT2D eigenvalue weighted by Gasteiger charge is 2.54. The highest BCUT2D eigenvalue weighted by molar-refractivity contribution is 7.17. The Morgan fingerprint density at radius 2 is 1.85 bits per heavy atom. The molecule has 2 fully saturated rings. The summed E-state index contributed by atoms with van der Waals surface area (Å²) in [5.41, 5.74) is 2.22. The molecule has 138 valence electrons. The van der Waals surface area contributed by atoms with E-state index in [1.807, 2.05) is 37.3 Å². The largest absolute Gasteiger partial charge is 0.481 e. The highest BCUT2D eigenvalue weighted by Crippen LogP contribution is 2.53. The number of rotatable bonds is 4. The predicted octanol–water partition coefficient (Wildman–Crippen LogP) is 4.28. The monoisotopic (exact) mass is 380 g/mol. The van der Waals surface area contributed by atoms with Gasteiger partial charge in [-0.3, -0.25) is 9.59 Å². The first-order chi connectivity index (χ1) is 13.0. The number of benzene rings is 1. The van der Waals surface area contributed by atoms with Gasteiger partial charge in [0.05, 0.1) is 17.4 Å². The number of thiophene rings is 1. The maximum absolute atomic E-state index is 13.0. The van der Waals surface area contributed by atoms with Crippen LogP contribution in [0.15, 0.2) is 30.3 Å². The van der Waals surface area contributed by atoms with Crippen molar-refractivity contribution < 1.29 is 14.7 Å². The summed E-state index contributed by atoms with van der Waals surface area (Å²) >= 11 is 1.38. The Balaban J connectivity index is 1.65. The summed E-state index contributed by atoms with van der Waals surface area (Å²) in [5, 5.41) is 22.7. The van der Waals surface area contributed by atoms with E-state index in [0.717, 1.165) is 35.3 Å². The summed E-state index contributed by atoms with van der Waals surface area (Å²) in [6, 6.07) is 11.9. The van der Waals surface area contributed by atoms with Gasteiger partial charge in [-0.15, -0.1) is 11.3 Å². The van der Waals surface area contributed by atoms with E-state index in [9.17, 15) is 20.0 Å². The molecule has 6 heteroatoms. The minimum absolute atomic E-state index is 0.101. The molecular weight excluding hydrogens is 360 g/mol. The van der Waals surface area contributed by atoms with Gasteiger partial charge in [-0.05, 0) is 43.6 Å². The first-order valence-corrected chi connectivity index (χ1v) is 9.95. The predicted molar refractivity (Wildman–Crippen MR) is 103 cm³/mol. The average molecular weight is 380 g/mol. The summed E-state index contributed by atoms with van der Waals surface area (Å²) < 4.78 is 0. The molecule has 2 saturated carbocycles. The Bertz CT molecular complexity index is 944. The van der Waals surface area contributed by atoms with E-state index in [1.165, 1.54) is 11.3 Å². The standard InChI is InChI=1S/C21H20N2O3S/c1-11-16(12-5-3-2-4-6-12)15(10-22)20(27-11)23-19(24)17-13-7-8-14(9-13)18(17)21(25)26/h2-6,13-14,17-18H,7-9H2,1H3,(H,23,24)(H,25,26)/t13-,14-,17+,18-/m0/s1. The molecule has 2 bridgehead atoms. The van der Waals surface area contributed by atoms with Crippen LogP contribution in [0.25, 0.3) is 11.1 Å². The number of fused-ring (bicyclic) bond motifs is 2. The molecule has 1 amide bonds. The molecule has 2 aromatic rings. The molecule has 0 spiro atoms. The number of nitrogens with one attached hydrogen (secondary N) is 1. The number of nitrogens with zero attached hydrogens (tertiary/aromatic N) is 1. The molecule has 1 aromatic heterocycles. The van der Waals surface area contributed by atoms with Crippen LogP contribution in [0, 0.1) is 41.9 Å². The van der Waals surface area contributed by atoms with Crippen molar-refractivity contribution in [1.82, 2.24) is 0 Å². The topological polar surface area (TPSA) is 90.2 Å². The number of aliphatic carboxylic acids is 1. The molecule has 5 nitrogen and oxygen atoms in total. The molecule has 1 heterocycles. The van der Waals surface area contributed by atoms with Crippen molar-refractivity contribution in [2.45, 2.75) is 26.2 Å². The number of carboxylic acid groups (broad SMARTS) is 1. The van der Waals surface area contributed by atoms with Crippen LogP contribution >= 0.6 is 11.3 Å². The van der Waals surface area contributed by atoms with Gasteiger partial charge in [0.2, 0.25) is 5.91 Å². The van der Waals surface area contributed by atoms with Crippen LogP contribution in [0.3, 0.4) is 0 Å². The number of aryl methyl sites for hydroxylation is 1. The van der Waals surface area contributed by atoms with Crippen molar-refractivity contribution in [2.75, 3.05) is 5.32 Å². The second-order valence-corrected chi connectivity index (χ2v) is 8.65. The highest BCUT2D eigenvalue weighted by atomic mass is 32.1. The van der Waals surface area contributed by atoms with Crippen LogP contribution < -0.4 is 5.32 Å². The molecule has 0 saturated heterocycles. The lowest BCUT2D eigenvalue weighted by Crippen LogP contribution is -2.37. The summed E-state index contributed by atoms with van der Waals surface area (Å²) in [5.74, 6) is -2.01. The number of hydrogen-bond donors (Lipinski definition) is 2. The van der Waals surface area contributed by atoms with Gasteiger partial charge in [0.25, 0.3) is 0 Å². The van der Waals surface area contributed by atoms with E-state index in [2.05, 4.69) is 11.4 Å². The normalized spacial score (nSPS) is 25.9. The van der Waals surface area contributed by atoms with Gasteiger partial charge >= 0.3 is 5.97 Å². The Morgan fingerprint density at radius 1 is 1.19 bits per heavy atom. The van der Waals surface area contributed by atoms with Crippen LogP contribution in [-0.4, -0.2) is 17.0 Å². The first kappa shape index (κ1) is 17.7. The van der Waals surface area contributed by atoms with Crippen molar-refractivity contribution in [1.29, 1.82) is 5.26 Å². The second kappa shape index (κ2) is 6.82. The van der Waals surface area contributed by atoms with Crippen LogP contribution in [-0.2, 0) is 9.59 Å². The minimum atomic E-state index is -0.879. The van der Waals surface area contributed by atoms with E-state index in [-0.39, 0.29) is 17.7 Å². The Labute approximate surface area is 161 Å². The van der Waals surface area contributed by atoms with E-state index >= 15 is 0 Å². The van der Waals surface area contributed by atoms with E-state index in [1.54, 1.807) is 0 Å². The molecule has 2 N–H and O–H groups in total. The third-order valence-corrected chi connectivity index (χ3v) is 7.02. The average Bonchev–Trinajstić information content (AvgIpc) is 3.34. The molecule has 4 atom stereocenters. The SMILES string of the molecule is Cc1sc(NC(=O)[C@@H]2[C@H]3CC[C@@H](C3)[C@@H]2C(=O)O)c(C#N)c1-c1ccccc1. The number of anilines is 1. The zero-order valence-electron chi connectivity index (χ0n) is 14.9. The number of amides is 1. The summed E-state index contributed by atoms with van der Waals surface area (Å²) in [7, 11) is 0. The first-order valence-electron chi connectivity index (χ1n) is 9.13. The summed E-state index contributed by atoms with van der Waals surface area (Å²) in [6.07, 6.45) is 2.63. The fraction of sp³-hybridized carbons (Fsp3) is 0.381. The molecule has 0 radical (unpaired) electrons. The van der Waals surface area contributed by atoms with Gasteiger partial charge in [0.1, 0.15) is 11.1 Å². The van der Waals surface area contributed by atoms with Gasteiger partial charge in [-0.1, -0.05) is 30.3 Å². The lowest BCUT2D eigenvalue weighted by Gasteiger charge is -2.26. The summed E-state index contributed by atoms with van der Waals surface area (Å²) in [4.78, 5) is 25.6. The van der Waals surface area contributed by atoms with Crippen molar-refractivity contribution in [3.05, 3.63) is 40.8 Å². The van der Waals surface area contributed by atoms with Crippen molar-refractivity contribution >= 4 is 28.2 Å². The molecule has 0 unspecified atom stereocenters.